The molecule has 0 fully saturated rings. The topological polar surface area (TPSA) is 32.6 Å². The van der Waals surface area contributed by atoms with Gasteiger partial charge in [0.05, 0.1) is 10.7 Å². The molecule has 0 saturated heterocycles. The number of hydrogen-bond acceptors (Lipinski definition) is 3. The van der Waals surface area contributed by atoms with E-state index in [0.29, 0.717) is 6.04 Å². The Bertz CT molecular complexity index is 535. The quantitative estimate of drug-likeness (QED) is 0.882. The minimum atomic E-state index is 0.482. The number of fused-ring (bicyclic) bond motifs is 1. The number of pyridine rings is 1. The lowest BCUT2D eigenvalue weighted by molar-refractivity contribution is 0.365. The number of rotatable bonds is 6. The zero-order chi connectivity index (χ0) is 13.8. The molecule has 0 aliphatic rings. The molecule has 0 saturated carbocycles. The van der Waals surface area contributed by atoms with Crippen LogP contribution >= 0.6 is 11.6 Å². The first-order valence-corrected chi connectivity index (χ1v) is 6.93. The van der Waals surface area contributed by atoms with Crippen molar-refractivity contribution in [2.45, 2.75) is 25.9 Å². The summed E-state index contributed by atoms with van der Waals surface area (Å²) in [6.45, 7) is 4.08. The summed E-state index contributed by atoms with van der Waals surface area (Å²) < 4.78 is 1.96. The Labute approximate surface area is 119 Å². The molecule has 2 rings (SSSR count). The molecule has 5 heteroatoms. The van der Waals surface area contributed by atoms with E-state index in [2.05, 4.69) is 36.2 Å². The van der Waals surface area contributed by atoms with Crippen molar-refractivity contribution in [2.24, 2.45) is 0 Å². The van der Waals surface area contributed by atoms with E-state index in [-0.39, 0.29) is 0 Å². The van der Waals surface area contributed by atoms with Gasteiger partial charge in [0.2, 0.25) is 0 Å². The zero-order valence-electron chi connectivity index (χ0n) is 11.7. The molecular formula is C14H21ClN4. The first-order chi connectivity index (χ1) is 9.04. The number of nitrogens with one attached hydrogen (secondary N) is 1. The fourth-order valence-corrected chi connectivity index (χ4v) is 2.10. The third-order valence-corrected chi connectivity index (χ3v) is 3.33. The Morgan fingerprint density at radius 2 is 2.16 bits per heavy atom. The fraction of sp³-hybridized carbons (Fsp3) is 0.500. The summed E-state index contributed by atoms with van der Waals surface area (Å²) in [7, 11) is 4.19. The fourth-order valence-electron chi connectivity index (χ4n) is 1.94. The van der Waals surface area contributed by atoms with Gasteiger partial charge in [-0.05, 0) is 46.1 Å². The van der Waals surface area contributed by atoms with Gasteiger partial charge in [-0.15, -0.1) is 0 Å². The van der Waals surface area contributed by atoms with Crippen LogP contribution in [0.3, 0.4) is 0 Å². The van der Waals surface area contributed by atoms with Gasteiger partial charge in [0.25, 0.3) is 0 Å². The van der Waals surface area contributed by atoms with Crippen molar-refractivity contribution in [3.8, 4) is 0 Å². The molecule has 0 spiro atoms. The molecule has 1 unspecified atom stereocenters. The highest BCUT2D eigenvalue weighted by Crippen LogP contribution is 2.11. The third kappa shape index (κ3) is 4.20. The van der Waals surface area contributed by atoms with Crippen LogP contribution in [0.2, 0.25) is 5.02 Å². The predicted octanol–water partition coefficient (Wildman–Crippen LogP) is 2.42. The van der Waals surface area contributed by atoms with E-state index in [4.69, 9.17) is 11.6 Å². The van der Waals surface area contributed by atoms with Gasteiger partial charge in [0.1, 0.15) is 5.65 Å². The van der Waals surface area contributed by atoms with Crippen molar-refractivity contribution < 1.29 is 0 Å². The average molecular weight is 281 g/mol. The second-order valence-corrected chi connectivity index (χ2v) is 5.66. The van der Waals surface area contributed by atoms with Gasteiger partial charge in [-0.2, -0.15) is 0 Å². The first-order valence-electron chi connectivity index (χ1n) is 6.56. The highest BCUT2D eigenvalue weighted by atomic mass is 35.5. The maximum Gasteiger partial charge on any atom is 0.137 e. The van der Waals surface area contributed by atoms with Gasteiger partial charge in [0.15, 0.2) is 0 Å². The lowest BCUT2D eigenvalue weighted by atomic mass is 10.2. The normalized spacial score (nSPS) is 13.3. The third-order valence-electron chi connectivity index (χ3n) is 3.11. The number of aromatic nitrogens is 2. The van der Waals surface area contributed by atoms with Gasteiger partial charge < -0.3 is 14.6 Å². The van der Waals surface area contributed by atoms with Crippen molar-refractivity contribution in [3.05, 3.63) is 35.2 Å². The Morgan fingerprint density at radius 1 is 1.37 bits per heavy atom. The van der Waals surface area contributed by atoms with Gasteiger partial charge in [-0.3, -0.25) is 0 Å². The lowest BCUT2D eigenvalue weighted by Crippen LogP contribution is -2.29. The molecule has 0 aliphatic heterocycles. The second-order valence-electron chi connectivity index (χ2n) is 5.22. The minimum Gasteiger partial charge on any atom is -0.309 e. The average Bonchev–Trinajstić information content (AvgIpc) is 2.75. The van der Waals surface area contributed by atoms with E-state index >= 15 is 0 Å². The lowest BCUT2D eigenvalue weighted by Gasteiger charge is -2.15. The molecule has 1 N–H and O–H groups in total. The molecule has 0 amide bonds. The van der Waals surface area contributed by atoms with Crippen molar-refractivity contribution in [2.75, 3.05) is 20.6 Å². The van der Waals surface area contributed by atoms with Crippen LogP contribution in [0.5, 0.6) is 0 Å². The first kappa shape index (κ1) is 14.3. The molecule has 1 atom stereocenters. The molecule has 2 aromatic rings. The van der Waals surface area contributed by atoms with Crippen LogP contribution < -0.4 is 5.32 Å². The SMILES string of the molecule is CC(CCN(C)C)NCc1cn2cc(Cl)ccc2n1. The van der Waals surface area contributed by atoms with Crippen LogP contribution in [0.25, 0.3) is 5.65 Å². The van der Waals surface area contributed by atoms with E-state index < -0.39 is 0 Å². The number of nitrogens with zero attached hydrogens (tertiary/aromatic N) is 3. The summed E-state index contributed by atoms with van der Waals surface area (Å²) in [6.07, 6.45) is 5.03. The summed E-state index contributed by atoms with van der Waals surface area (Å²) in [6, 6.07) is 4.28. The Hall–Kier alpha value is -1.10. The van der Waals surface area contributed by atoms with E-state index in [0.717, 1.165) is 35.9 Å². The van der Waals surface area contributed by atoms with Crippen LogP contribution in [0.1, 0.15) is 19.0 Å². The molecule has 104 valence electrons. The zero-order valence-corrected chi connectivity index (χ0v) is 12.5. The molecular weight excluding hydrogens is 260 g/mol. The maximum absolute atomic E-state index is 5.96. The highest BCUT2D eigenvalue weighted by molar-refractivity contribution is 6.30. The van der Waals surface area contributed by atoms with Gasteiger partial charge >= 0.3 is 0 Å². The predicted molar refractivity (Wildman–Crippen MR) is 79.7 cm³/mol. The van der Waals surface area contributed by atoms with Crippen LogP contribution in [-0.4, -0.2) is 41.0 Å². The monoisotopic (exact) mass is 280 g/mol. The highest BCUT2D eigenvalue weighted by Gasteiger charge is 2.05. The Morgan fingerprint density at radius 3 is 2.89 bits per heavy atom. The van der Waals surface area contributed by atoms with Gasteiger partial charge in [-0.1, -0.05) is 11.6 Å². The summed E-state index contributed by atoms with van der Waals surface area (Å²) >= 11 is 5.96. The van der Waals surface area contributed by atoms with Crippen molar-refractivity contribution >= 4 is 17.2 Å². The Balaban J connectivity index is 1.90. The van der Waals surface area contributed by atoms with Crippen molar-refractivity contribution in [3.63, 3.8) is 0 Å². The molecule has 0 aliphatic carbocycles. The van der Waals surface area contributed by atoms with Gasteiger partial charge in [0, 0.05) is 25.0 Å². The Kier molecular flexibility index (Phi) is 4.80. The molecule has 2 aromatic heterocycles. The number of halogens is 1. The number of imidazole rings is 1. The minimum absolute atomic E-state index is 0.482. The van der Waals surface area contributed by atoms with E-state index in [9.17, 15) is 0 Å². The van der Waals surface area contributed by atoms with E-state index in [1.54, 1.807) is 0 Å². The largest absolute Gasteiger partial charge is 0.309 e. The van der Waals surface area contributed by atoms with Crippen LogP contribution in [0.15, 0.2) is 24.5 Å². The van der Waals surface area contributed by atoms with Crippen LogP contribution in [-0.2, 0) is 6.54 Å². The standard InChI is InChI=1S/C14H21ClN4/c1-11(6-7-18(2)3)16-8-13-10-19-9-12(15)4-5-14(19)17-13/h4-5,9-11,16H,6-8H2,1-3H3. The molecule has 2 heterocycles. The van der Waals surface area contributed by atoms with Crippen LogP contribution in [0, 0.1) is 0 Å². The molecule has 0 radical (unpaired) electrons. The molecule has 0 aromatic carbocycles. The van der Waals surface area contributed by atoms with E-state index in [1.807, 2.05) is 28.9 Å². The number of hydrogen-bond donors (Lipinski definition) is 1. The van der Waals surface area contributed by atoms with Crippen molar-refractivity contribution in [1.82, 2.24) is 19.6 Å². The second kappa shape index (κ2) is 6.37. The van der Waals surface area contributed by atoms with Crippen LogP contribution in [0.4, 0.5) is 0 Å². The molecule has 4 nitrogen and oxygen atoms in total. The summed E-state index contributed by atoms with van der Waals surface area (Å²) in [5, 5.41) is 4.22. The van der Waals surface area contributed by atoms with Crippen molar-refractivity contribution in [1.29, 1.82) is 0 Å². The summed E-state index contributed by atoms with van der Waals surface area (Å²) in [5.41, 5.74) is 1.97. The summed E-state index contributed by atoms with van der Waals surface area (Å²) in [5.74, 6) is 0. The van der Waals surface area contributed by atoms with E-state index in [1.165, 1.54) is 0 Å². The maximum atomic E-state index is 5.96. The van der Waals surface area contributed by atoms with Gasteiger partial charge in [-0.25, -0.2) is 4.98 Å². The molecule has 19 heavy (non-hydrogen) atoms. The smallest absolute Gasteiger partial charge is 0.137 e. The molecule has 0 bridgehead atoms. The summed E-state index contributed by atoms with van der Waals surface area (Å²) in [4.78, 5) is 6.75.